The second kappa shape index (κ2) is 5.00. The highest BCUT2D eigenvalue weighted by Gasteiger charge is 2.15. The van der Waals surface area contributed by atoms with E-state index in [0.717, 1.165) is 15.2 Å². The summed E-state index contributed by atoms with van der Waals surface area (Å²) in [5.74, 6) is 0. The van der Waals surface area contributed by atoms with Gasteiger partial charge in [0.05, 0.1) is 5.39 Å². The summed E-state index contributed by atoms with van der Waals surface area (Å²) in [7, 11) is 0. The highest BCUT2D eigenvalue weighted by Crippen LogP contribution is 2.33. The van der Waals surface area contributed by atoms with Gasteiger partial charge in [0, 0.05) is 17.2 Å². The van der Waals surface area contributed by atoms with Gasteiger partial charge in [0.2, 0.25) is 0 Å². The average Bonchev–Trinajstić information content (AvgIpc) is 2.45. The van der Waals surface area contributed by atoms with E-state index in [-0.39, 0.29) is 12.1 Å². The monoisotopic (exact) mass is 334 g/mol. The number of halogens is 2. The van der Waals surface area contributed by atoms with Crippen molar-refractivity contribution in [3.8, 4) is 0 Å². The van der Waals surface area contributed by atoms with Crippen molar-refractivity contribution >= 4 is 37.5 Å². The quantitative estimate of drug-likeness (QED) is 0.705. The van der Waals surface area contributed by atoms with Crippen molar-refractivity contribution in [2.24, 2.45) is 5.73 Å². The van der Waals surface area contributed by atoms with Crippen molar-refractivity contribution in [3.05, 3.63) is 56.9 Å². The first-order valence-electron chi connectivity index (χ1n) is 6.19. The number of fused-ring (bicyclic) bond motifs is 3. The number of hydrogen-bond donors (Lipinski definition) is 2. The summed E-state index contributed by atoms with van der Waals surface area (Å²) in [6.07, 6.45) is 0.316. The molecule has 0 saturated carbocycles. The lowest BCUT2D eigenvalue weighted by Gasteiger charge is -2.12. The second-order valence-electron chi connectivity index (χ2n) is 4.63. The molecule has 0 spiro atoms. The summed E-state index contributed by atoms with van der Waals surface area (Å²) in [4.78, 5) is 14.7. The SMILES string of the molecule is NCC(F)c1cc2cc[nH]c(=O)c2c2cc(Br)ccc12. The molecule has 1 heterocycles. The van der Waals surface area contributed by atoms with Crippen LogP contribution in [0.25, 0.3) is 21.5 Å². The van der Waals surface area contributed by atoms with Crippen LogP contribution in [0.3, 0.4) is 0 Å². The van der Waals surface area contributed by atoms with Crippen LogP contribution in [0.1, 0.15) is 11.7 Å². The van der Waals surface area contributed by atoms with Gasteiger partial charge in [-0.25, -0.2) is 4.39 Å². The fourth-order valence-electron chi connectivity index (χ4n) is 2.50. The van der Waals surface area contributed by atoms with E-state index in [1.54, 1.807) is 18.3 Å². The molecule has 0 saturated heterocycles. The van der Waals surface area contributed by atoms with Crippen LogP contribution in [0.5, 0.6) is 0 Å². The van der Waals surface area contributed by atoms with Crippen LogP contribution in [-0.4, -0.2) is 11.5 Å². The molecule has 1 aromatic heterocycles. The van der Waals surface area contributed by atoms with E-state index in [1.807, 2.05) is 18.2 Å². The predicted octanol–water partition coefficient (Wildman–Crippen LogP) is 3.41. The zero-order chi connectivity index (χ0) is 14.3. The van der Waals surface area contributed by atoms with Crippen LogP contribution in [0.2, 0.25) is 0 Å². The molecule has 0 aliphatic rings. The smallest absolute Gasteiger partial charge is 0.256 e. The van der Waals surface area contributed by atoms with E-state index < -0.39 is 6.17 Å². The summed E-state index contributed by atoms with van der Waals surface area (Å²) in [6.45, 7) is -0.0835. The number of H-pyrrole nitrogens is 1. The molecule has 2 aromatic carbocycles. The van der Waals surface area contributed by atoms with Crippen molar-refractivity contribution in [1.82, 2.24) is 4.98 Å². The molecule has 3 rings (SSSR count). The molecule has 3 nitrogen and oxygen atoms in total. The first-order chi connectivity index (χ1) is 9.61. The first kappa shape index (κ1) is 13.3. The Bertz CT molecular complexity index is 859. The first-order valence-corrected chi connectivity index (χ1v) is 6.99. The number of pyridine rings is 1. The normalized spacial score (nSPS) is 12.9. The molecule has 0 fully saturated rings. The molecule has 1 atom stereocenters. The summed E-state index contributed by atoms with van der Waals surface area (Å²) >= 11 is 3.39. The standard InChI is InChI=1S/C15H12BrFN2O/c16-9-1-2-10-11(13(17)7-18)5-8-3-4-19-15(20)14(8)12(10)6-9/h1-6,13H,7,18H2,(H,19,20). The Morgan fingerprint density at radius 3 is 2.80 bits per heavy atom. The number of hydrogen-bond acceptors (Lipinski definition) is 2. The molecular weight excluding hydrogens is 323 g/mol. The molecule has 0 amide bonds. The lowest BCUT2D eigenvalue weighted by molar-refractivity contribution is 0.355. The van der Waals surface area contributed by atoms with Gasteiger partial charge in [0.15, 0.2) is 0 Å². The number of benzene rings is 2. The van der Waals surface area contributed by atoms with Gasteiger partial charge >= 0.3 is 0 Å². The van der Waals surface area contributed by atoms with Gasteiger partial charge in [-0.15, -0.1) is 0 Å². The third-order valence-corrected chi connectivity index (χ3v) is 3.90. The Labute approximate surface area is 122 Å². The predicted molar refractivity (Wildman–Crippen MR) is 82.7 cm³/mol. The topological polar surface area (TPSA) is 58.9 Å². The Morgan fingerprint density at radius 2 is 2.05 bits per heavy atom. The number of rotatable bonds is 2. The van der Waals surface area contributed by atoms with Gasteiger partial charge in [-0.05, 0) is 46.0 Å². The minimum Gasteiger partial charge on any atom is -0.329 e. The molecular formula is C15H12BrFN2O. The molecule has 5 heteroatoms. The fourth-order valence-corrected chi connectivity index (χ4v) is 2.86. The Morgan fingerprint density at radius 1 is 1.25 bits per heavy atom. The molecule has 102 valence electrons. The van der Waals surface area contributed by atoms with E-state index in [0.29, 0.717) is 16.3 Å². The van der Waals surface area contributed by atoms with Crippen molar-refractivity contribution in [3.63, 3.8) is 0 Å². The number of aromatic amines is 1. The van der Waals surface area contributed by atoms with Gasteiger partial charge in [-0.3, -0.25) is 4.79 Å². The van der Waals surface area contributed by atoms with Crippen molar-refractivity contribution in [2.75, 3.05) is 6.54 Å². The molecule has 0 bridgehead atoms. The molecule has 0 aliphatic carbocycles. The molecule has 3 aromatic rings. The van der Waals surface area contributed by atoms with Crippen LogP contribution in [0, 0.1) is 0 Å². The summed E-state index contributed by atoms with van der Waals surface area (Å²) < 4.78 is 14.9. The molecule has 20 heavy (non-hydrogen) atoms. The Kier molecular flexibility index (Phi) is 3.31. The lowest BCUT2D eigenvalue weighted by Crippen LogP contribution is -2.10. The molecule has 1 unspecified atom stereocenters. The van der Waals surface area contributed by atoms with Crippen molar-refractivity contribution in [1.29, 1.82) is 0 Å². The average molecular weight is 335 g/mol. The minimum atomic E-state index is -1.25. The van der Waals surface area contributed by atoms with Gasteiger partial charge in [0.25, 0.3) is 5.56 Å². The molecule has 3 N–H and O–H groups in total. The van der Waals surface area contributed by atoms with Crippen LogP contribution in [-0.2, 0) is 0 Å². The number of nitrogens with two attached hydrogens (primary N) is 1. The number of aromatic nitrogens is 1. The third-order valence-electron chi connectivity index (χ3n) is 3.41. The van der Waals surface area contributed by atoms with E-state index >= 15 is 0 Å². The molecule has 0 radical (unpaired) electrons. The fraction of sp³-hybridized carbons (Fsp3) is 0.133. The zero-order valence-electron chi connectivity index (χ0n) is 10.5. The summed E-state index contributed by atoms with van der Waals surface area (Å²) in [5, 5.41) is 2.72. The lowest BCUT2D eigenvalue weighted by atomic mass is 9.96. The second-order valence-corrected chi connectivity index (χ2v) is 5.55. The highest BCUT2D eigenvalue weighted by molar-refractivity contribution is 9.10. The minimum absolute atomic E-state index is 0.0835. The molecule has 0 aliphatic heterocycles. The van der Waals surface area contributed by atoms with Gasteiger partial charge in [-0.2, -0.15) is 0 Å². The largest absolute Gasteiger partial charge is 0.329 e. The van der Waals surface area contributed by atoms with Crippen molar-refractivity contribution in [2.45, 2.75) is 6.17 Å². The number of alkyl halides is 1. The van der Waals surface area contributed by atoms with E-state index in [2.05, 4.69) is 20.9 Å². The van der Waals surface area contributed by atoms with E-state index in [9.17, 15) is 9.18 Å². The summed E-state index contributed by atoms with van der Waals surface area (Å²) in [6, 6.07) is 8.95. The maximum atomic E-state index is 14.1. The van der Waals surface area contributed by atoms with Crippen LogP contribution in [0.15, 0.2) is 45.8 Å². The van der Waals surface area contributed by atoms with Gasteiger partial charge < -0.3 is 10.7 Å². The van der Waals surface area contributed by atoms with Gasteiger partial charge in [-0.1, -0.05) is 22.0 Å². The zero-order valence-corrected chi connectivity index (χ0v) is 12.1. The Hall–Kier alpha value is -1.72. The Balaban J connectivity index is 2.56. The maximum absolute atomic E-state index is 14.1. The van der Waals surface area contributed by atoms with Crippen LogP contribution < -0.4 is 11.3 Å². The maximum Gasteiger partial charge on any atom is 0.256 e. The highest BCUT2D eigenvalue weighted by atomic mass is 79.9. The van der Waals surface area contributed by atoms with E-state index in [4.69, 9.17) is 5.73 Å². The van der Waals surface area contributed by atoms with Crippen LogP contribution in [0.4, 0.5) is 4.39 Å². The van der Waals surface area contributed by atoms with E-state index in [1.165, 1.54) is 0 Å². The van der Waals surface area contributed by atoms with Crippen molar-refractivity contribution < 1.29 is 4.39 Å². The van der Waals surface area contributed by atoms with Gasteiger partial charge in [0.1, 0.15) is 6.17 Å². The summed E-state index contributed by atoms with van der Waals surface area (Å²) in [5.41, 5.74) is 5.79. The third kappa shape index (κ3) is 2.03. The van der Waals surface area contributed by atoms with Crippen LogP contribution >= 0.6 is 15.9 Å². The number of nitrogens with one attached hydrogen (secondary N) is 1.